The second kappa shape index (κ2) is 14.3. The third-order valence-electron chi connectivity index (χ3n) is 4.86. The molecule has 0 spiro atoms. The predicted octanol–water partition coefficient (Wildman–Crippen LogP) is 4.43. The zero-order valence-electron chi connectivity index (χ0n) is 15.8. The third-order valence-corrected chi connectivity index (χ3v) is 4.86. The van der Waals surface area contributed by atoms with Crippen molar-refractivity contribution < 1.29 is 9.59 Å². The average molecular weight is 339 g/mol. The summed E-state index contributed by atoms with van der Waals surface area (Å²) in [6, 6.07) is 0. The van der Waals surface area contributed by atoms with Gasteiger partial charge in [0.05, 0.1) is 0 Å². The van der Waals surface area contributed by atoms with E-state index in [9.17, 15) is 9.59 Å². The van der Waals surface area contributed by atoms with Gasteiger partial charge >= 0.3 is 0 Å². The molecule has 0 unspecified atom stereocenters. The van der Waals surface area contributed by atoms with Gasteiger partial charge in [-0.25, -0.2) is 0 Å². The van der Waals surface area contributed by atoms with Gasteiger partial charge in [0.1, 0.15) is 0 Å². The largest absolute Gasteiger partial charge is 0.356 e. The van der Waals surface area contributed by atoms with Crippen LogP contribution in [0.2, 0.25) is 0 Å². The Morgan fingerprint density at radius 1 is 0.833 bits per heavy atom. The van der Waals surface area contributed by atoms with Crippen LogP contribution in [0.3, 0.4) is 0 Å². The van der Waals surface area contributed by atoms with Crippen LogP contribution in [-0.4, -0.2) is 36.3 Å². The van der Waals surface area contributed by atoms with E-state index < -0.39 is 0 Å². The molecule has 0 aromatic carbocycles. The van der Waals surface area contributed by atoms with Crippen molar-refractivity contribution in [3.63, 3.8) is 0 Å². The monoisotopic (exact) mass is 338 g/mol. The lowest BCUT2D eigenvalue weighted by atomic mass is 10.1. The number of hydrogen-bond acceptors (Lipinski definition) is 2. The van der Waals surface area contributed by atoms with Crippen molar-refractivity contribution in [1.29, 1.82) is 0 Å². The molecule has 2 rings (SSSR count). The predicted molar refractivity (Wildman–Crippen MR) is 99.9 cm³/mol. The summed E-state index contributed by atoms with van der Waals surface area (Å²) in [6.07, 6.45) is 17.3. The summed E-state index contributed by atoms with van der Waals surface area (Å²) < 4.78 is 0. The maximum atomic E-state index is 11.4. The molecule has 4 heteroatoms. The highest BCUT2D eigenvalue weighted by Crippen LogP contribution is 2.13. The molecular formula is C20H38N2O2. The van der Waals surface area contributed by atoms with Crippen LogP contribution >= 0.6 is 0 Å². The molecule has 0 saturated carbocycles. The molecule has 2 aliphatic heterocycles. The van der Waals surface area contributed by atoms with Gasteiger partial charge < -0.3 is 10.2 Å². The van der Waals surface area contributed by atoms with Crippen molar-refractivity contribution >= 4 is 11.8 Å². The van der Waals surface area contributed by atoms with E-state index in [1.807, 2.05) is 4.90 Å². The molecular weight excluding hydrogens is 300 g/mol. The van der Waals surface area contributed by atoms with Crippen molar-refractivity contribution in [3.05, 3.63) is 0 Å². The van der Waals surface area contributed by atoms with Crippen LogP contribution in [-0.2, 0) is 9.59 Å². The zero-order chi connectivity index (χ0) is 17.5. The van der Waals surface area contributed by atoms with E-state index in [4.69, 9.17) is 0 Å². The van der Waals surface area contributed by atoms with E-state index in [0.717, 1.165) is 45.3 Å². The molecule has 2 saturated heterocycles. The molecule has 0 radical (unpaired) electrons. The second-order valence-corrected chi connectivity index (χ2v) is 7.12. The number of unbranched alkanes of at least 4 members (excludes halogenated alkanes) is 9. The van der Waals surface area contributed by atoms with Crippen LogP contribution in [0.4, 0.5) is 0 Å². The highest BCUT2D eigenvalue weighted by atomic mass is 16.2. The number of carbonyl (C=O) groups is 2. The Morgan fingerprint density at radius 3 is 1.88 bits per heavy atom. The first-order chi connectivity index (χ1) is 11.7. The Kier molecular flexibility index (Phi) is 12.5. The number of likely N-dealkylation sites (tertiary alicyclic amines) is 1. The Labute approximate surface area is 148 Å². The number of rotatable bonds is 11. The molecule has 2 amide bonds. The average Bonchev–Trinajstić information content (AvgIpc) is 3.21. The quantitative estimate of drug-likeness (QED) is 0.567. The third kappa shape index (κ3) is 10.7. The van der Waals surface area contributed by atoms with E-state index in [1.54, 1.807) is 0 Å². The number of nitrogens with zero attached hydrogens (tertiary/aromatic N) is 1. The fourth-order valence-electron chi connectivity index (χ4n) is 3.30. The maximum Gasteiger partial charge on any atom is 0.222 e. The van der Waals surface area contributed by atoms with Gasteiger partial charge in [-0.05, 0) is 19.3 Å². The number of hydrogen-bond donors (Lipinski definition) is 1. The van der Waals surface area contributed by atoms with Crippen LogP contribution in [0.25, 0.3) is 0 Å². The molecule has 0 atom stereocenters. The topological polar surface area (TPSA) is 49.4 Å². The van der Waals surface area contributed by atoms with Gasteiger partial charge in [-0.15, -0.1) is 0 Å². The SMILES string of the molecule is CCCCCCCCCCCCN1CCCC1=O.O=C1CCCN1. The lowest BCUT2D eigenvalue weighted by Gasteiger charge is -2.14. The van der Waals surface area contributed by atoms with Gasteiger partial charge in [0.2, 0.25) is 11.8 Å². The number of amides is 2. The summed E-state index contributed by atoms with van der Waals surface area (Å²) in [5.41, 5.74) is 0. The van der Waals surface area contributed by atoms with Crippen molar-refractivity contribution in [2.24, 2.45) is 0 Å². The van der Waals surface area contributed by atoms with Crippen LogP contribution in [0, 0.1) is 0 Å². The second-order valence-electron chi connectivity index (χ2n) is 7.12. The normalized spacial score (nSPS) is 17.0. The van der Waals surface area contributed by atoms with E-state index in [-0.39, 0.29) is 5.91 Å². The van der Waals surface area contributed by atoms with E-state index >= 15 is 0 Å². The molecule has 2 aliphatic rings. The fraction of sp³-hybridized carbons (Fsp3) is 0.900. The van der Waals surface area contributed by atoms with Gasteiger partial charge in [-0.3, -0.25) is 9.59 Å². The van der Waals surface area contributed by atoms with Crippen LogP contribution in [0.1, 0.15) is 96.8 Å². The van der Waals surface area contributed by atoms with Gasteiger partial charge in [0.15, 0.2) is 0 Å². The molecule has 4 nitrogen and oxygen atoms in total. The van der Waals surface area contributed by atoms with E-state index in [0.29, 0.717) is 5.91 Å². The van der Waals surface area contributed by atoms with E-state index in [2.05, 4.69) is 12.2 Å². The summed E-state index contributed by atoms with van der Waals surface area (Å²) >= 11 is 0. The lowest BCUT2D eigenvalue weighted by molar-refractivity contribution is -0.127. The van der Waals surface area contributed by atoms with Gasteiger partial charge in [0.25, 0.3) is 0 Å². The zero-order valence-corrected chi connectivity index (χ0v) is 15.8. The number of nitrogens with one attached hydrogen (secondary N) is 1. The van der Waals surface area contributed by atoms with Crippen molar-refractivity contribution in [2.45, 2.75) is 96.8 Å². The molecule has 0 aromatic rings. The first-order valence-corrected chi connectivity index (χ1v) is 10.3. The van der Waals surface area contributed by atoms with Crippen molar-refractivity contribution in [1.82, 2.24) is 10.2 Å². The van der Waals surface area contributed by atoms with E-state index in [1.165, 1.54) is 64.2 Å². The summed E-state index contributed by atoms with van der Waals surface area (Å²) in [4.78, 5) is 23.6. The molecule has 2 heterocycles. The summed E-state index contributed by atoms with van der Waals surface area (Å²) in [7, 11) is 0. The highest BCUT2D eigenvalue weighted by molar-refractivity contribution is 5.78. The summed E-state index contributed by atoms with van der Waals surface area (Å²) in [6.45, 7) is 5.18. The molecule has 0 aliphatic carbocycles. The minimum Gasteiger partial charge on any atom is -0.356 e. The molecule has 1 N–H and O–H groups in total. The van der Waals surface area contributed by atoms with Crippen LogP contribution < -0.4 is 5.32 Å². The van der Waals surface area contributed by atoms with Crippen LogP contribution in [0.5, 0.6) is 0 Å². The van der Waals surface area contributed by atoms with Crippen molar-refractivity contribution in [2.75, 3.05) is 19.6 Å². The minimum atomic E-state index is 0.204. The first kappa shape index (κ1) is 21.0. The van der Waals surface area contributed by atoms with Gasteiger partial charge in [0, 0.05) is 32.5 Å². The van der Waals surface area contributed by atoms with Gasteiger partial charge in [-0.2, -0.15) is 0 Å². The Morgan fingerprint density at radius 2 is 1.46 bits per heavy atom. The standard InChI is InChI=1S/C16H31NO.C4H7NO/c1-2-3-4-5-6-7-8-9-10-11-14-17-15-12-13-16(17)18;6-4-2-1-3-5-4/h2-15H2,1H3;1-3H2,(H,5,6). The first-order valence-electron chi connectivity index (χ1n) is 10.3. The Balaban J connectivity index is 0.000000400. The fourth-order valence-corrected chi connectivity index (χ4v) is 3.30. The number of carbonyl (C=O) groups excluding carboxylic acids is 2. The Hall–Kier alpha value is -1.06. The summed E-state index contributed by atoms with van der Waals surface area (Å²) in [5.74, 6) is 0.584. The summed E-state index contributed by atoms with van der Waals surface area (Å²) in [5, 5.41) is 2.68. The maximum absolute atomic E-state index is 11.4. The molecule has 24 heavy (non-hydrogen) atoms. The van der Waals surface area contributed by atoms with Crippen molar-refractivity contribution in [3.8, 4) is 0 Å². The smallest absolute Gasteiger partial charge is 0.222 e. The highest BCUT2D eigenvalue weighted by Gasteiger charge is 2.18. The van der Waals surface area contributed by atoms with Gasteiger partial charge in [-0.1, -0.05) is 64.7 Å². The molecule has 2 fully saturated rings. The minimum absolute atomic E-state index is 0.204. The lowest BCUT2D eigenvalue weighted by Crippen LogP contribution is -2.25. The molecule has 140 valence electrons. The molecule has 0 bridgehead atoms. The Bertz CT molecular complexity index is 337. The van der Waals surface area contributed by atoms with Crippen LogP contribution in [0.15, 0.2) is 0 Å². The molecule has 0 aromatic heterocycles.